The first kappa shape index (κ1) is 16.7. The summed E-state index contributed by atoms with van der Waals surface area (Å²) >= 11 is 0. The normalized spacial score (nSPS) is 14.9. The molecule has 25 heavy (non-hydrogen) atoms. The molecule has 0 aromatic carbocycles. The molecular formula is C19H17N3O3. The summed E-state index contributed by atoms with van der Waals surface area (Å²) in [5.74, 6) is 5.89. The van der Waals surface area contributed by atoms with Crippen molar-refractivity contribution in [1.29, 1.82) is 0 Å². The third kappa shape index (κ3) is 4.01. The van der Waals surface area contributed by atoms with E-state index in [9.17, 15) is 9.59 Å². The number of ketones is 1. The second kappa shape index (κ2) is 6.36. The quantitative estimate of drug-likeness (QED) is 0.781. The predicted octanol–water partition coefficient (Wildman–Crippen LogP) is 3.12. The number of aromatic nitrogens is 2. The predicted molar refractivity (Wildman–Crippen MR) is 92.5 cm³/mol. The summed E-state index contributed by atoms with van der Waals surface area (Å²) in [6.45, 7) is 4.13. The number of carbonyl (C=O) groups is 2. The van der Waals surface area contributed by atoms with Crippen LogP contribution in [0.3, 0.4) is 0 Å². The highest BCUT2D eigenvalue weighted by atomic mass is 16.4. The Morgan fingerprint density at radius 2 is 2.04 bits per heavy atom. The van der Waals surface area contributed by atoms with E-state index >= 15 is 0 Å². The molecule has 1 aliphatic carbocycles. The van der Waals surface area contributed by atoms with Crippen molar-refractivity contribution >= 4 is 17.6 Å². The first-order valence-corrected chi connectivity index (χ1v) is 7.83. The molecule has 0 aliphatic heterocycles. The number of nitrogens with zero attached hydrogens (tertiary/aromatic N) is 2. The number of carboxylic acid groups (broad SMARTS) is 1. The number of fused-ring (bicyclic) bond motifs is 1. The monoisotopic (exact) mass is 335 g/mol. The zero-order chi connectivity index (χ0) is 18.0. The molecule has 2 N–H and O–H groups in total. The highest BCUT2D eigenvalue weighted by Crippen LogP contribution is 2.33. The molecule has 0 fully saturated rings. The van der Waals surface area contributed by atoms with Crippen molar-refractivity contribution in [2.75, 3.05) is 5.32 Å². The van der Waals surface area contributed by atoms with Crippen molar-refractivity contribution in [1.82, 2.24) is 9.97 Å². The van der Waals surface area contributed by atoms with E-state index < -0.39 is 6.09 Å². The van der Waals surface area contributed by atoms with E-state index in [1.807, 2.05) is 0 Å². The number of nitrogens with one attached hydrogen (secondary N) is 1. The van der Waals surface area contributed by atoms with Crippen molar-refractivity contribution in [2.45, 2.75) is 26.7 Å². The standard InChI is InChI=1S/C19H17N3O3/c1-19(2)9-16-15(17(23)10-19)7-12(11-21-16)3-4-13-8-14(5-6-20-13)22-18(24)25/h5-8,11H,9-10H2,1-2H3,(H,20,22)(H,24,25). The minimum atomic E-state index is -1.15. The molecule has 2 heterocycles. The number of pyridine rings is 2. The number of amides is 1. The number of Topliss-reactive ketones (excluding diaryl/α,β-unsaturated/α-hetero) is 1. The Morgan fingerprint density at radius 1 is 1.24 bits per heavy atom. The molecule has 0 unspecified atom stereocenters. The second-order valence-corrected chi connectivity index (χ2v) is 6.77. The number of anilines is 1. The SMILES string of the molecule is CC1(C)CC(=O)c2cc(C#Cc3cc(NC(=O)O)ccn3)cnc2C1. The van der Waals surface area contributed by atoms with Gasteiger partial charge in [0.1, 0.15) is 5.69 Å². The van der Waals surface area contributed by atoms with E-state index in [1.54, 1.807) is 24.4 Å². The average Bonchev–Trinajstić information content (AvgIpc) is 2.52. The maximum atomic E-state index is 12.3. The first-order valence-electron chi connectivity index (χ1n) is 7.83. The van der Waals surface area contributed by atoms with Gasteiger partial charge < -0.3 is 5.11 Å². The topological polar surface area (TPSA) is 92.2 Å². The summed E-state index contributed by atoms with van der Waals surface area (Å²) in [6.07, 6.45) is 3.26. The fraction of sp³-hybridized carbons (Fsp3) is 0.263. The highest BCUT2D eigenvalue weighted by molar-refractivity contribution is 5.98. The third-order valence-electron chi connectivity index (χ3n) is 3.90. The van der Waals surface area contributed by atoms with Crippen LogP contribution in [0, 0.1) is 17.3 Å². The number of rotatable bonds is 1. The third-order valence-corrected chi connectivity index (χ3v) is 3.90. The van der Waals surface area contributed by atoms with Gasteiger partial charge >= 0.3 is 6.09 Å². The van der Waals surface area contributed by atoms with Crippen LogP contribution in [0.4, 0.5) is 10.5 Å². The van der Waals surface area contributed by atoms with Gasteiger partial charge in [-0.2, -0.15) is 0 Å². The lowest BCUT2D eigenvalue weighted by atomic mass is 9.75. The zero-order valence-electron chi connectivity index (χ0n) is 14.0. The Labute approximate surface area is 145 Å². The largest absolute Gasteiger partial charge is 0.465 e. The van der Waals surface area contributed by atoms with Crippen molar-refractivity contribution < 1.29 is 14.7 Å². The summed E-state index contributed by atoms with van der Waals surface area (Å²) in [4.78, 5) is 31.5. The Hall–Kier alpha value is -3.20. The summed E-state index contributed by atoms with van der Waals surface area (Å²) < 4.78 is 0. The van der Waals surface area contributed by atoms with E-state index in [2.05, 4.69) is 41.0 Å². The van der Waals surface area contributed by atoms with Gasteiger partial charge in [0.05, 0.1) is 5.69 Å². The van der Waals surface area contributed by atoms with E-state index in [-0.39, 0.29) is 11.2 Å². The number of carbonyl (C=O) groups excluding carboxylic acids is 1. The van der Waals surface area contributed by atoms with Crippen LogP contribution in [0.25, 0.3) is 0 Å². The summed E-state index contributed by atoms with van der Waals surface area (Å²) in [6, 6.07) is 4.85. The molecule has 3 rings (SSSR count). The van der Waals surface area contributed by atoms with E-state index in [0.717, 1.165) is 12.1 Å². The lowest BCUT2D eigenvalue weighted by Crippen LogP contribution is -2.27. The molecule has 0 spiro atoms. The fourth-order valence-electron chi connectivity index (χ4n) is 2.83. The van der Waals surface area contributed by atoms with Crippen LogP contribution in [0.2, 0.25) is 0 Å². The lowest BCUT2D eigenvalue weighted by molar-refractivity contribution is 0.0910. The lowest BCUT2D eigenvalue weighted by Gasteiger charge is -2.29. The Kier molecular flexibility index (Phi) is 4.24. The van der Waals surface area contributed by atoms with Gasteiger partial charge in [-0.15, -0.1) is 0 Å². The van der Waals surface area contributed by atoms with Crippen molar-refractivity contribution in [3.8, 4) is 11.8 Å². The Bertz CT molecular complexity index is 923. The molecule has 2 aromatic heterocycles. The van der Waals surface area contributed by atoms with Gasteiger partial charge in [0.2, 0.25) is 0 Å². The zero-order valence-corrected chi connectivity index (χ0v) is 14.0. The van der Waals surface area contributed by atoms with Crippen molar-refractivity contribution in [3.63, 3.8) is 0 Å². The van der Waals surface area contributed by atoms with Crippen LogP contribution in [0.1, 0.15) is 47.6 Å². The molecule has 1 aliphatic rings. The van der Waals surface area contributed by atoms with Crippen LogP contribution in [-0.2, 0) is 6.42 Å². The second-order valence-electron chi connectivity index (χ2n) is 6.77. The number of hydrogen-bond acceptors (Lipinski definition) is 4. The van der Waals surface area contributed by atoms with Gasteiger partial charge in [-0.3, -0.25) is 15.1 Å². The molecule has 0 saturated carbocycles. The highest BCUT2D eigenvalue weighted by Gasteiger charge is 2.31. The maximum Gasteiger partial charge on any atom is 0.409 e. The Balaban J connectivity index is 1.86. The molecule has 0 bridgehead atoms. The van der Waals surface area contributed by atoms with Crippen LogP contribution < -0.4 is 5.32 Å². The molecule has 2 aromatic rings. The molecule has 1 amide bonds. The molecule has 6 heteroatoms. The fourth-order valence-corrected chi connectivity index (χ4v) is 2.83. The number of hydrogen-bond donors (Lipinski definition) is 2. The van der Waals surface area contributed by atoms with Gasteiger partial charge in [0, 0.05) is 35.6 Å². The first-order chi connectivity index (χ1) is 11.8. The summed E-state index contributed by atoms with van der Waals surface area (Å²) in [5.41, 5.74) is 2.85. The maximum absolute atomic E-state index is 12.3. The van der Waals surface area contributed by atoms with Crippen LogP contribution in [0.5, 0.6) is 0 Å². The molecule has 0 radical (unpaired) electrons. The average molecular weight is 335 g/mol. The van der Waals surface area contributed by atoms with Crippen molar-refractivity contribution in [3.05, 3.63) is 53.1 Å². The van der Waals surface area contributed by atoms with Crippen LogP contribution in [-0.4, -0.2) is 27.0 Å². The molecule has 0 saturated heterocycles. The van der Waals surface area contributed by atoms with E-state index in [1.165, 1.54) is 6.20 Å². The van der Waals surface area contributed by atoms with Gasteiger partial charge in [-0.05, 0) is 36.0 Å². The molecular weight excluding hydrogens is 318 g/mol. The van der Waals surface area contributed by atoms with Gasteiger partial charge in [-0.25, -0.2) is 9.78 Å². The Morgan fingerprint density at radius 3 is 2.80 bits per heavy atom. The van der Waals surface area contributed by atoms with Crippen LogP contribution >= 0.6 is 0 Å². The molecule has 6 nitrogen and oxygen atoms in total. The van der Waals surface area contributed by atoms with Gasteiger partial charge in [0.25, 0.3) is 0 Å². The van der Waals surface area contributed by atoms with Crippen molar-refractivity contribution in [2.24, 2.45) is 5.41 Å². The molecule has 126 valence electrons. The van der Waals surface area contributed by atoms with E-state index in [0.29, 0.717) is 28.9 Å². The van der Waals surface area contributed by atoms with Crippen LogP contribution in [0.15, 0.2) is 30.6 Å². The molecule has 0 atom stereocenters. The van der Waals surface area contributed by atoms with Gasteiger partial charge in [-0.1, -0.05) is 19.8 Å². The van der Waals surface area contributed by atoms with E-state index in [4.69, 9.17) is 5.11 Å². The summed E-state index contributed by atoms with van der Waals surface area (Å²) in [7, 11) is 0. The smallest absolute Gasteiger partial charge is 0.409 e. The summed E-state index contributed by atoms with van der Waals surface area (Å²) in [5, 5.41) is 11.0. The minimum absolute atomic E-state index is 0.0637. The van der Waals surface area contributed by atoms with Gasteiger partial charge in [0.15, 0.2) is 5.78 Å². The minimum Gasteiger partial charge on any atom is -0.465 e.